The van der Waals surface area contributed by atoms with Gasteiger partial charge in [-0.05, 0) is 29.5 Å². The van der Waals surface area contributed by atoms with Gasteiger partial charge in [0.05, 0.1) is 4.92 Å². The number of hydrogen-bond acceptors (Lipinski definition) is 6. The number of nitrogens with two attached hydrogens (primary N) is 1. The van der Waals surface area contributed by atoms with Crippen LogP contribution in [0.1, 0.15) is 20.8 Å². The Morgan fingerprint density at radius 3 is 3.10 bits per heavy atom. The second-order valence-corrected chi connectivity index (χ2v) is 5.73. The first-order chi connectivity index (χ1) is 10.1. The number of carbonyl (C=O) groups excluding carboxylic acids is 1. The summed E-state index contributed by atoms with van der Waals surface area (Å²) in [6.07, 6.45) is 1.80. The van der Waals surface area contributed by atoms with Crippen molar-refractivity contribution in [3.8, 4) is 0 Å². The normalized spacial score (nSPS) is 13.8. The zero-order valence-corrected chi connectivity index (χ0v) is 11.8. The van der Waals surface area contributed by atoms with E-state index < -0.39 is 4.92 Å². The van der Waals surface area contributed by atoms with Crippen molar-refractivity contribution >= 4 is 28.7 Å². The van der Waals surface area contributed by atoms with Gasteiger partial charge in [0.2, 0.25) is 0 Å². The minimum absolute atomic E-state index is 0.00817. The average molecular weight is 304 g/mol. The lowest BCUT2D eigenvalue weighted by molar-refractivity contribution is -0.385. The van der Waals surface area contributed by atoms with Crippen LogP contribution in [0.25, 0.3) is 0 Å². The molecule has 1 aliphatic heterocycles. The molecular formula is C13H12N4O3S. The molecule has 108 valence electrons. The molecule has 8 heteroatoms. The maximum atomic E-state index is 12.6. The SMILES string of the molecule is Nc1cc(C(=O)N2CCc3sccc3C2)c([N+](=O)[O-])cn1. The van der Waals surface area contributed by atoms with E-state index in [9.17, 15) is 14.9 Å². The first kappa shape index (κ1) is 13.5. The van der Waals surface area contributed by atoms with Gasteiger partial charge < -0.3 is 10.6 Å². The highest BCUT2D eigenvalue weighted by molar-refractivity contribution is 7.10. The standard InChI is InChI=1S/C13H12N4O3S/c14-12-5-9(10(6-15-12)17(19)20)13(18)16-3-1-11-8(7-16)2-4-21-11/h2,4-6H,1,3,7H2,(H2,14,15). The van der Waals surface area contributed by atoms with E-state index in [1.807, 2.05) is 11.4 Å². The van der Waals surface area contributed by atoms with E-state index >= 15 is 0 Å². The summed E-state index contributed by atoms with van der Waals surface area (Å²) in [6.45, 7) is 1.02. The summed E-state index contributed by atoms with van der Waals surface area (Å²) in [4.78, 5) is 29.5. The number of hydrogen-bond donors (Lipinski definition) is 1. The van der Waals surface area contributed by atoms with Crippen LogP contribution in [0.5, 0.6) is 0 Å². The molecule has 0 saturated heterocycles. The highest BCUT2D eigenvalue weighted by Crippen LogP contribution is 2.27. The molecule has 0 fully saturated rings. The van der Waals surface area contributed by atoms with Crippen molar-refractivity contribution in [3.05, 3.63) is 49.8 Å². The van der Waals surface area contributed by atoms with Crippen molar-refractivity contribution in [3.63, 3.8) is 0 Å². The van der Waals surface area contributed by atoms with Crippen LogP contribution >= 0.6 is 11.3 Å². The van der Waals surface area contributed by atoms with Crippen LogP contribution in [0, 0.1) is 10.1 Å². The van der Waals surface area contributed by atoms with Crippen molar-refractivity contribution in [2.45, 2.75) is 13.0 Å². The Balaban J connectivity index is 1.93. The fraction of sp³-hybridized carbons (Fsp3) is 0.231. The molecule has 0 bridgehead atoms. The molecule has 1 amide bonds. The van der Waals surface area contributed by atoms with Gasteiger partial charge in [0.1, 0.15) is 17.6 Å². The summed E-state index contributed by atoms with van der Waals surface area (Å²) in [5, 5.41) is 13.0. The second-order valence-electron chi connectivity index (χ2n) is 4.73. The number of thiophene rings is 1. The number of amides is 1. The summed E-state index contributed by atoms with van der Waals surface area (Å²) in [5.41, 5.74) is 6.33. The summed E-state index contributed by atoms with van der Waals surface area (Å²) in [6, 6.07) is 3.25. The summed E-state index contributed by atoms with van der Waals surface area (Å²) in [5.74, 6) is -0.287. The molecule has 2 aromatic rings. The number of fused-ring (bicyclic) bond motifs is 1. The number of pyridine rings is 1. The Labute approximate surface area is 124 Å². The van der Waals surface area contributed by atoms with Crippen molar-refractivity contribution in [1.29, 1.82) is 0 Å². The molecule has 0 radical (unpaired) electrons. The maximum absolute atomic E-state index is 12.6. The second kappa shape index (κ2) is 5.13. The third-order valence-corrected chi connectivity index (χ3v) is 4.45. The highest BCUT2D eigenvalue weighted by Gasteiger charge is 2.28. The summed E-state index contributed by atoms with van der Waals surface area (Å²) >= 11 is 1.67. The van der Waals surface area contributed by atoms with E-state index in [1.54, 1.807) is 16.2 Å². The Morgan fingerprint density at radius 1 is 1.52 bits per heavy atom. The molecule has 2 aromatic heterocycles. The molecule has 3 heterocycles. The fourth-order valence-corrected chi connectivity index (χ4v) is 3.26. The largest absolute Gasteiger partial charge is 0.384 e. The quantitative estimate of drug-likeness (QED) is 0.673. The van der Waals surface area contributed by atoms with Crippen LogP contribution in [-0.4, -0.2) is 27.3 Å². The lowest BCUT2D eigenvalue weighted by atomic mass is 10.1. The van der Waals surface area contributed by atoms with Crippen LogP contribution in [0.2, 0.25) is 0 Å². The third kappa shape index (κ3) is 2.45. The smallest absolute Gasteiger partial charge is 0.300 e. The van der Waals surface area contributed by atoms with E-state index in [1.165, 1.54) is 10.9 Å². The number of nitrogens with zero attached hydrogens (tertiary/aromatic N) is 3. The van der Waals surface area contributed by atoms with Crippen molar-refractivity contribution in [1.82, 2.24) is 9.88 Å². The van der Waals surface area contributed by atoms with Crippen LogP contribution in [-0.2, 0) is 13.0 Å². The maximum Gasteiger partial charge on any atom is 0.300 e. The Bertz CT molecular complexity index is 728. The van der Waals surface area contributed by atoms with E-state index in [0.29, 0.717) is 13.1 Å². The monoisotopic (exact) mass is 304 g/mol. The number of aromatic nitrogens is 1. The first-order valence-corrected chi connectivity index (χ1v) is 7.18. The topological polar surface area (TPSA) is 102 Å². The molecule has 7 nitrogen and oxygen atoms in total. The summed E-state index contributed by atoms with van der Waals surface area (Å²) < 4.78 is 0. The zero-order chi connectivity index (χ0) is 15.0. The van der Waals surface area contributed by atoms with E-state index in [-0.39, 0.29) is 23.0 Å². The number of anilines is 1. The third-order valence-electron chi connectivity index (χ3n) is 3.43. The van der Waals surface area contributed by atoms with E-state index in [4.69, 9.17) is 5.73 Å². The lowest BCUT2D eigenvalue weighted by Crippen LogP contribution is -2.35. The Kier molecular flexibility index (Phi) is 3.30. The molecule has 0 saturated carbocycles. The number of rotatable bonds is 2. The number of nitro groups is 1. The minimum Gasteiger partial charge on any atom is -0.384 e. The lowest BCUT2D eigenvalue weighted by Gasteiger charge is -2.26. The minimum atomic E-state index is -0.611. The number of nitrogen functional groups attached to an aromatic ring is 1. The van der Waals surface area contributed by atoms with Gasteiger partial charge in [-0.2, -0.15) is 0 Å². The molecule has 1 aliphatic rings. The molecule has 2 N–H and O–H groups in total. The van der Waals surface area contributed by atoms with E-state index in [2.05, 4.69) is 4.98 Å². The predicted molar refractivity (Wildman–Crippen MR) is 78.1 cm³/mol. The fourth-order valence-electron chi connectivity index (χ4n) is 2.37. The first-order valence-electron chi connectivity index (χ1n) is 6.30. The zero-order valence-electron chi connectivity index (χ0n) is 11.0. The number of carbonyl (C=O) groups is 1. The van der Waals surface area contributed by atoms with Gasteiger partial charge in [-0.25, -0.2) is 4.98 Å². The van der Waals surface area contributed by atoms with Gasteiger partial charge >= 0.3 is 0 Å². The molecule has 0 aromatic carbocycles. The molecule has 21 heavy (non-hydrogen) atoms. The Morgan fingerprint density at radius 2 is 2.33 bits per heavy atom. The van der Waals surface area contributed by atoms with Crippen molar-refractivity contribution < 1.29 is 9.72 Å². The van der Waals surface area contributed by atoms with Crippen LogP contribution < -0.4 is 5.73 Å². The Hall–Kier alpha value is -2.48. The van der Waals surface area contributed by atoms with Gasteiger partial charge in [0.25, 0.3) is 11.6 Å². The molecular weight excluding hydrogens is 292 g/mol. The van der Waals surface area contributed by atoms with Gasteiger partial charge in [0.15, 0.2) is 0 Å². The van der Waals surface area contributed by atoms with E-state index in [0.717, 1.165) is 18.2 Å². The molecule has 0 unspecified atom stereocenters. The summed E-state index contributed by atoms with van der Waals surface area (Å²) in [7, 11) is 0. The highest BCUT2D eigenvalue weighted by atomic mass is 32.1. The van der Waals surface area contributed by atoms with Gasteiger partial charge in [-0.1, -0.05) is 0 Å². The molecule has 0 atom stereocenters. The van der Waals surface area contributed by atoms with Gasteiger partial charge in [-0.15, -0.1) is 11.3 Å². The van der Waals surface area contributed by atoms with Gasteiger partial charge in [0, 0.05) is 18.0 Å². The predicted octanol–water partition coefficient (Wildman–Crippen LogP) is 1.83. The van der Waals surface area contributed by atoms with Crippen LogP contribution in [0.4, 0.5) is 11.5 Å². The molecule has 3 rings (SSSR count). The van der Waals surface area contributed by atoms with Crippen molar-refractivity contribution in [2.24, 2.45) is 0 Å². The van der Waals surface area contributed by atoms with Crippen LogP contribution in [0.15, 0.2) is 23.7 Å². The van der Waals surface area contributed by atoms with Crippen LogP contribution in [0.3, 0.4) is 0 Å². The average Bonchev–Trinajstić information content (AvgIpc) is 2.93. The molecule has 0 spiro atoms. The van der Waals surface area contributed by atoms with Gasteiger partial charge in [-0.3, -0.25) is 14.9 Å². The van der Waals surface area contributed by atoms with Crippen molar-refractivity contribution in [2.75, 3.05) is 12.3 Å². The molecule has 0 aliphatic carbocycles.